The van der Waals surface area contributed by atoms with E-state index < -0.39 is 0 Å². The van der Waals surface area contributed by atoms with E-state index in [1.54, 1.807) is 0 Å². The SMILES string of the molecule is CC1CNC(C)(C)CN1C(C)(C)CCc1ccccc1. The maximum absolute atomic E-state index is 3.64. The number of hydrogen-bond donors (Lipinski definition) is 1. The van der Waals surface area contributed by atoms with E-state index in [1.807, 2.05) is 0 Å². The number of rotatable bonds is 4. The zero-order chi connectivity index (χ0) is 14.8. The van der Waals surface area contributed by atoms with Gasteiger partial charge in [0.15, 0.2) is 0 Å². The average Bonchev–Trinajstić information content (AvgIpc) is 2.40. The average molecular weight is 274 g/mol. The van der Waals surface area contributed by atoms with Crippen molar-refractivity contribution >= 4 is 0 Å². The number of aryl methyl sites for hydroxylation is 1. The summed E-state index contributed by atoms with van der Waals surface area (Å²) in [5.74, 6) is 0. The maximum atomic E-state index is 3.64. The molecular formula is C18H30N2. The zero-order valence-electron chi connectivity index (χ0n) is 13.7. The summed E-state index contributed by atoms with van der Waals surface area (Å²) in [5, 5.41) is 3.64. The third-order valence-electron chi connectivity index (χ3n) is 4.62. The molecule has 1 atom stereocenters. The van der Waals surface area contributed by atoms with Crippen molar-refractivity contribution in [2.45, 2.75) is 64.6 Å². The molecule has 112 valence electrons. The van der Waals surface area contributed by atoms with Crippen LogP contribution in [0.2, 0.25) is 0 Å². The van der Waals surface area contributed by atoms with Crippen LogP contribution in [0.15, 0.2) is 30.3 Å². The van der Waals surface area contributed by atoms with Crippen LogP contribution in [-0.2, 0) is 6.42 Å². The predicted octanol–water partition coefficient (Wildman–Crippen LogP) is 3.47. The lowest BCUT2D eigenvalue weighted by atomic mass is 9.88. The predicted molar refractivity (Wildman–Crippen MR) is 87.1 cm³/mol. The molecule has 1 N–H and O–H groups in total. The van der Waals surface area contributed by atoms with Gasteiger partial charge in [0, 0.05) is 30.2 Å². The van der Waals surface area contributed by atoms with Gasteiger partial charge in [-0.25, -0.2) is 0 Å². The molecule has 1 aromatic carbocycles. The van der Waals surface area contributed by atoms with Gasteiger partial charge < -0.3 is 5.32 Å². The number of hydrogen-bond acceptors (Lipinski definition) is 2. The quantitative estimate of drug-likeness (QED) is 0.904. The standard InChI is InChI=1S/C18H30N2/c1-15-13-19-17(2,3)14-20(15)18(4,5)12-11-16-9-7-6-8-10-16/h6-10,15,19H,11-14H2,1-5H3. The van der Waals surface area contributed by atoms with Gasteiger partial charge in [-0.1, -0.05) is 30.3 Å². The fourth-order valence-electron chi connectivity index (χ4n) is 3.22. The molecule has 1 unspecified atom stereocenters. The summed E-state index contributed by atoms with van der Waals surface area (Å²) in [6.45, 7) is 13.9. The van der Waals surface area contributed by atoms with Gasteiger partial charge in [0.05, 0.1) is 0 Å². The van der Waals surface area contributed by atoms with E-state index in [9.17, 15) is 0 Å². The molecule has 1 fully saturated rings. The van der Waals surface area contributed by atoms with Crippen LogP contribution in [0.5, 0.6) is 0 Å². The van der Waals surface area contributed by atoms with Gasteiger partial charge in [-0.3, -0.25) is 4.90 Å². The van der Waals surface area contributed by atoms with E-state index in [0.717, 1.165) is 19.5 Å². The van der Waals surface area contributed by atoms with Crippen LogP contribution in [-0.4, -0.2) is 35.1 Å². The second-order valence-corrected chi connectivity index (χ2v) is 7.54. The summed E-state index contributed by atoms with van der Waals surface area (Å²) < 4.78 is 0. The van der Waals surface area contributed by atoms with Gasteiger partial charge in [-0.05, 0) is 53.0 Å². The van der Waals surface area contributed by atoms with Crippen molar-refractivity contribution in [3.63, 3.8) is 0 Å². The van der Waals surface area contributed by atoms with Crippen molar-refractivity contribution in [1.29, 1.82) is 0 Å². The molecule has 1 aromatic rings. The first kappa shape index (κ1) is 15.5. The van der Waals surface area contributed by atoms with Crippen LogP contribution in [0.25, 0.3) is 0 Å². The van der Waals surface area contributed by atoms with Gasteiger partial charge >= 0.3 is 0 Å². The van der Waals surface area contributed by atoms with Crippen LogP contribution < -0.4 is 5.32 Å². The third-order valence-corrected chi connectivity index (χ3v) is 4.62. The second kappa shape index (κ2) is 5.87. The lowest BCUT2D eigenvalue weighted by molar-refractivity contribution is 0.0124. The Balaban J connectivity index is 2.01. The molecule has 1 heterocycles. The highest BCUT2D eigenvalue weighted by molar-refractivity contribution is 5.15. The highest BCUT2D eigenvalue weighted by Gasteiger charge is 2.37. The molecule has 2 nitrogen and oxygen atoms in total. The first-order valence-electron chi connectivity index (χ1n) is 7.86. The molecule has 2 heteroatoms. The summed E-state index contributed by atoms with van der Waals surface area (Å²) in [7, 11) is 0. The van der Waals surface area contributed by atoms with Crippen LogP contribution in [0.4, 0.5) is 0 Å². The highest BCUT2D eigenvalue weighted by atomic mass is 15.3. The Hall–Kier alpha value is -0.860. The molecule has 20 heavy (non-hydrogen) atoms. The monoisotopic (exact) mass is 274 g/mol. The summed E-state index contributed by atoms with van der Waals surface area (Å²) in [4.78, 5) is 2.69. The van der Waals surface area contributed by atoms with Crippen molar-refractivity contribution in [3.8, 4) is 0 Å². The molecule has 0 amide bonds. The third kappa shape index (κ3) is 3.83. The van der Waals surface area contributed by atoms with Crippen molar-refractivity contribution < 1.29 is 0 Å². The van der Waals surface area contributed by atoms with E-state index in [0.29, 0.717) is 6.04 Å². The van der Waals surface area contributed by atoms with E-state index >= 15 is 0 Å². The van der Waals surface area contributed by atoms with Gasteiger partial charge in [-0.15, -0.1) is 0 Å². The van der Waals surface area contributed by atoms with Gasteiger partial charge in [-0.2, -0.15) is 0 Å². The number of nitrogens with zero attached hydrogens (tertiary/aromatic N) is 1. The maximum Gasteiger partial charge on any atom is 0.0253 e. The fourth-order valence-corrected chi connectivity index (χ4v) is 3.22. The lowest BCUT2D eigenvalue weighted by Gasteiger charge is -2.51. The highest BCUT2D eigenvalue weighted by Crippen LogP contribution is 2.28. The second-order valence-electron chi connectivity index (χ2n) is 7.54. The molecule has 0 aliphatic carbocycles. The Labute approximate surface area is 124 Å². The lowest BCUT2D eigenvalue weighted by Crippen LogP contribution is -2.65. The number of benzene rings is 1. The van der Waals surface area contributed by atoms with Gasteiger partial charge in [0.2, 0.25) is 0 Å². The molecular weight excluding hydrogens is 244 g/mol. The van der Waals surface area contributed by atoms with Crippen LogP contribution in [0.1, 0.15) is 46.6 Å². The first-order chi connectivity index (χ1) is 9.30. The Morgan fingerprint density at radius 2 is 1.90 bits per heavy atom. The molecule has 0 aromatic heterocycles. The van der Waals surface area contributed by atoms with Crippen LogP contribution >= 0.6 is 0 Å². The fraction of sp³-hybridized carbons (Fsp3) is 0.667. The molecule has 0 spiro atoms. The molecule has 1 aliphatic rings. The summed E-state index contributed by atoms with van der Waals surface area (Å²) in [5.41, 5.74) is 1.91. The summed E-state index contributed by atoms with van der Waals surface area (Å²) in [6.07, 6.45) is 2.36. The first-order valence-corrected chi connectivity index (χ1v) is 7.86. The summed E-state index contributed by atoms with van der Waals surface area (Å²) >= 11 is 0. The Kier molecular flexibility index (Phi) is 4.55. The van der Waals surface area contributed by atoms with Gasteiger partial charge in [0.1, 0.15) is 0 Å². The molecule has 1 aliphatic heterocycles. The molecule has 0 bridgehead atoms. The molecule has 2 rings (SSSR count). The minimum Gasteiger partial charge on any atom is -0.309 e. The molecule has 0 saturated carbocycles. The van der Waals surface area contributed by atoms with Crippen molar-refractivity contribution in [2.24, 2.45) is 0 Å². The minimum absolute atomic E-state index is 0.219. The minimum atomic E-state index is 0.219. The normalized spacial score (nSPS) is 23.8. The van der Waals surface area contributed by atoms with E-state index in [2.05, 4.69) is 75.2 Å². The van der Waals surface area contributed by atoms with E-state index in [4.69, 9.17) is 0 Å². The smallest absolute Gasteiger partial charge is 0.0253 e. The van der Waals surface area contributed by atoms with Crippen LogP contribution in [0.3, 0.4) is 0 Å². The van der Waals surface area contributed by atoms with E-state index in [-0.39, 0.29) is 11.1 Å². The van der Waals surface area contributed by atoms with E-state index in [1.165, 1.54) is 12.0 Å². The Morgan fingerprint density at radius 1 is 1.25 bits per heavy atom. The zero-order valence-corrected chi connectivity index (χ0v) is 13.7. The van der Waals surface area contributed by atoms with Crippen molar-refractivity contribution in [1.82, 2.24) is 10.2 Å². The largest absolute Gasteiger partial charge is 0.309 e. The topological polar surface area (TPSA) is 15.3 Å². The van der Waals surface area contributed by atoms with Crippen molar-refractivity contribution in [3.05, 3.63) is 35.9 Å². The Bertz CT molecular complexity index is 422. The van der Waals surface area contributed by atoms with Crippen molar-refractivity contribution in [2.75, 3.05) is 13.1 Å². The molecule has 0 radical (unpaired) electrons. The summed E-state index contributed by atoms with van der Waals surface area (Å²) in [6, 6.07) is 11.4. The van der Waals surface area contributed by atoms with Gasteiger partial charge in [0.25, 0.3) is 0 Å². The number of nitrogens with one attached hydrogen (secondary N) is 1. The Morgan fingerprint density at radius 3 is 2.55 bits per heavy atom. The number of piperazine rings is 1. The van der Waals surface area contributed by atoms with Crippen LogP contribution in [0, 0.1) is 0 Å². The molecule has 1 saturated heterocycles.